The fourth-order valence-corrected chi connectivity index (χ4v) is 4.35. The van der Waals surface area contributed by atoms with E-state index in [1.807, 2.05) is 41.4 Å². The maximum atomic E-state index is 13.5. The van der Waals surface area contributed by atoms with Crippen LogP contribution in [0.4, 0.5) is 11.4 Å². The van der Waals surface area contributed by atoms with Gasteiger partial charge < -0.3 is 24.3 Å². The summed E-state index contributed by atoms with van der Waals surface area (Å²) < 4.78 is 12.7. The van der Waals surface area contributed by atoms with E-state index in [2.05, 4.69) is 16.0 Å². The van der Waals surface area contributed by atoms with Crippen molar-refractivity contribution >= 4 is 23.2 Å². The molecule has 35 heavy (non-hydrogen) atoms. The van der Waals surface area contributed by atoms with Crippen LogP contribution < -0.4 is 19.7 Å². The lowest BCUT2D eigenvalue weighted by Gasteiger charge is -2.23. The Kier molecular flexibility index (Phi) is 5.97. The third-order valence-electron chi connectivity index (χ3n) is 6.14. The summed E-state index contributed by atoms with van der Waals surface area (Å²) in [6.45, 7) is 0.579. The number of hydrogen-bond donors (Lipinski definition) is 1. The van der Waals surface area contributed by atoms with E-state index in [-0.39, 0.29) is 11.8 Å². The van der Waals surface area contributed by atoms with Crippen molar-refractivity contribution in [2.45, 2.75) is 6.42 Å². The Morgan fingerprint density at radius 2 is 1.63 bits per heavy atom. The van der Waals surface area contributed by atoms with Gasteiger partial charge in [-0.25, -0.2) is 0 Å². The lowest BCUT2D eigenvalue weighted by atomic mass is 10.1. The van der Waals surface area contributed by atoms with Gasteiger partial charge in [-0.05, 0) is 60.7 Å². The van der Waals surface area contributed by atoms with Crippen molar-refractivity contribution in [2.75, 3.05) is 31.0 Å². The Morgan fingerprint density at radius 3 is 2.37 bits per heavy atom. The van der Waals surface area contributed by atoms with Crippen LogP contribution in [0.25, 0.3) is 5.69 Å². The molecular weight excluding hydrogens is 442 g/mol. The normalized spacial score (nSPS) is 12.2. The molecule has 3 aromatic carbocycles. The monoisotopic (exact) mass is 467 g/mol. The van der Waals surface area contributed by atoms with Gasteiger partial charge in [-0.3, -0.25) is 9.59 Å². The molecule has 7 nitrogen and oxygen atoms in total. The minimum atomic E-state index is -0.313. The first-order chi connectivity index (χ1) is 17.1. The van der Waals surface area contributed by atoms with E-state index in [4.69, 9.17) is 9.47 Å². The number of fused-ring (bicyclic) bond motifs is 3. The van der Waals surface area contributed by atoms with E-state index < -0.39 is 0 Å². The second-order valence-corrected chi connectivity index (χ2v) is 8.16. The Hall–Kier alpha value is -4.52. The molecule has 7 heteroatoms. The van der Waals surface area contributed by atoms with Crippen molar-refractivity contribution in [1.29, 1.82) is 0 Å². The van der Waals surface area contributed by atoms with Crippen LogP contribution in [0, 0.1) is 0 Å². The smallest absolute Gasteiger partial charge is 0.259 e. The highest BCUT2D eigenvalue weighted by Gasteiger charge is 2.24. The topological polar surface area (TPSA) is 72.8 Å². The van der Waals surface area contributed by atoms with Gasteiger partial charge in [0.1, 0.15) is 11.5 Å². The molecule has 1 aliphatic rings. The van der Waals surface area contributed by atoms with Crippen LogP contribution >= 0.6 is 0 Å². The summed E-state index contributed by atoms with van der Waals surface area (Å²) in [7, 11) is 3.06. The van der Waals surface area contributed by atoms with Crippen LogP contribution in [0.3, 0.4) is 0 Å². The number of anilines is 2. The van der Waals surface area contributed by atoms with Gasteiger partial charge in [0.15, 0.2) is 0 Å². The lowest BCUT2D eigenvalue weighted by Crippen LogP contribution is -2.32. The van der Waals surface area contributed by atoms with E-state index in [1.54, 1.807) is 49.6 Å². The van der Waals surface area contributed by atoms with Crippen molar-refractivity contribution < 1.29 is 19.1 Å². The van der Waals surface area contributed by atoms with E-state index in [9.17, 15) is 9.59 Å². The molecule has 5 rings (SSSR count). The number of amides is 2. The zero-order chi connectivity index (χ0) is 24.4. The Morgan fingerprint density at radius 1 is 0.857 bits per heavy atom. The fourth-order valence-electron chi connectivity index (χ4n) is 4.35. The van der Waals surface area contributed by atoms with Crippen LogP contribution in [0.15, 0.2) is 85.1 Å². The quantitative estimate of drug-likeness (QED) is 0.451. The highest BCUT2D eigenvalue weighted by molar-refractivity contribution is 6.09. The number of hydrogen-bond acceptors (Lipinski definition) is 4. The third kappa shape index (κ3) is 4.24. The molecule has 4 aromatic rings. The second kappa shape index (κ2) is 9.38. The van der Waals surface area contributed by atoms with Gasteiger partial charge in [0.05, 0.1) is 31.2 Å². The lowest BCUT2D eigenvalue weighted by molar-refractivity contribution is 0.0986. The molecule has 0 saturated carbocycles. The molecular formula is C28H25N3O4. The van der Waals surface area contributed by atoms with Gasteiger partial charge >= 0.3 is 0 Å². The van der Waals surface area contributed by atoms with Gasteiger partial charge in [0, 0.05) is 42.2 Å². The Balaban J connectivity index is 1.35. The minimum Gasteiger partial charge on any atom is -0.497 e. The molecule has 0 bridgehead atoms. The highest BCUT2D eigenvalue weighted by atomic mass is 16.5. The van der Waals surface area contributed by atoms with Crippen LogP contribution in [-0.2, 0) is 6.42 Å². The van der Waals surface area contributed by atoms with Gasteiger partial charge in [0.25, 0.3) is 11.8 Å². The highest BCUT2D eigenvalue weighted by Crippen LogP contribution is 2.31. The predicted molar refractivity (Wildman–Crippen MR) is 135 cm³/mol. The zero-order valence-corrected chi connectivity index (χ0v) is 19.5. The number of methoxy groups -OCH3 is 2. The summed E-state index contributed by atoms with van der Waals surface area (Å²) in [4.78, 5) is 28.1. The standard InChI is InChI=1S/C28H25N3O4/c1-34-22-13-14-23(26(18-22)35-2)27(32)29-20-11-9-19(10-12-20)28(33)31-17-15-21-6-5-16-30(21)24-7-3-4-8-25(24)31/h3-14,16,18H,15,17H2,1-2H3,(H,29,32). The molecule has 0 spiro atoms. The van der Waals surface area contributed by atoms with Crippen molar-refractivity contribution in [3.05, 3.63) is 102 Å². The molecule has 0 saturated heterocycles. The maximum absolute atomic E-state index is 13.5. The van der Waals surface area contributed by atoms with E-state index in [0.29, 0.717) is 34.9 Å². The summed E-state index contributed by atoms with van der Waals surface area (Å²) in [5.41, 5.74) is 4.54. The SMILES string of the molecule is COc1ccc(C(=O)Nc2ccc(C(=O)N3CCc4cccn4-c4ccccc43)cc2)c(OC)c1. The van der Waals surface area contributed by atoms with Crippen molar-refractivity contribution in [3.63, 3.8) is 0 Å². The number of ether oxygens (including phenoxy) is 2. The Bertz CT molecular complexity index is 1390. The van der Waals surface area contributed by atoms with E-state index in [0.717, 1.165) is 17.8 Å². The number of nitrogens with one attached hydrogen (secondary N) is 1. The average Bonchev–Trinajstić information content (AvgIpc) is 3.31. The minimum absolute atomic E-state index is 0.0853. The number of rotatable bonds is 5. The molecule has 176 valence electrons. The van der Waals surface area contributed by atoms with Gasteiger partial charge in [-0.2, -0.15) is 0 Å². The summed E-state index contributed by atoms with van der Waals surface area (Å²) in [6.07, 6.45) is 2.78. The van der Waals surface area contributed by atoms with Crippen molar-refractivity contribution in [3.8, 4) is 17.2 Å². The number of nitrogens with zero attached hydrogens (tertiary/aromatic N) is 2. The predicted octanol–water partition coefficient (Wildman–Crippen LogP) is 4.95. The van der Waals surface area contributed by atoms with Crippen LogP contribution in [0.2, 0.25) is 0 Å². The van der Waals surface area contributed by atoms with Crippen LogP contribution in [0.5, 0.6) is 11.5 Å². The van der Waals surface area contributed by atoms with E-state index >= 15 is 0 Å². The fraction of sp³-hybridized carbons (Fsp3) is 0.143. The van der Waals surface area contributed by atoms with Crippen molar-refractivity contribution in [1.82, 2.24) is 4.57 Å². The molecule has 0 unspecified atom stereocenters. The second-order valence-electron chi connectivity index (χ2n) is 8.16. The summed E-state index contributed by atoms with van der Waals surface area (Å²) in [5.74, 6) is 0.618. The zero-order valence-electron chi connectivity index (χ0n) is 19.5. The number of para-hydroxylation sites is 2. The first-order valence-corrected chi connectivity index (χ1v) is 11.3. The summed E-state index contributed by atoms with van der Waals surface area (Å²) in [5, 5.41) is 2.86. The number of carbonyl (C=O) groups is 2. The molecule has 0 atom stereocenters. The summed E-state index contributed by atoms with van der Waals surface area (Å²) in [6, 6.07) is 24.0. The first-order valence-electron chi connectivity index (χ1n) is 11.3. The molecule has 0 aliphatic carbocycles. The molecule has 1 aliphatic heterocycles. The molecule has 0 radical (unpaired) electrons. The molecule has 2 heterocycles. The summed E-state index contributed by atoms with van der Waals surface area (Å²) >= 11 is 0. The first kappa shape index (κ1) is 22.3. The van der Waals surface area contributed by atoms with Crippen LogP contribution in [0.1, 0.15) is 26.4 Å². The van der Waals surface area contributed by atoms with Gasteiger partial charge in [-0.1, -0.05) is 12.1 Å². The molecule has 1 N–H and O–H groups in total. The maximum Gasteiger partial charge on any atom is 0.259 e. The number of carbonyl (C=O) groups excluding carboxylic acids is 2. The largest absolute Gasteiger partial charge is 0.497 e. The molecule has 1 aromatic heterocycles. The van der Waals surface area contributed by atoms with Gasteiger partial charge in [-0.15, -0.1) is 0 Å². The number of aromatic nitrogens is 1. The van der Waals surface area contributed by atoms with Gasteiger partial charge in [0.2, 0.25) is 0 Å². The van der Waals surface area contributed by atoms with E-state index in [1.165, 1.54) is 12.8 Å². The Labute approximate surface area is 203 Å². The number of benzene rings is 3. The molecule has 2 amide bonds. The van der Waals surface area contributed by atoms with Crippen molar-refractivity contribution in [2.24, 2.45) is 0 Å². The molecule has 0 fully saturated rings. The third-order valence-corrected chi connectivity index (χ3v) is 6.14. The average molecular weight is 468 g/mol. The van der Waals surface area contributed by atoms with Crippen LogP contribution in [-0.4, -0.2) is 37.1 Å².